The minimum Gasteiger partial charge on any atom is -0.323 e. The monoisotopic (exact) mass is 254 g/mol. The molecule has 1 aromatic carbocycles. The van der Waals surface area contributed by atoms with E-state index >= 15 is 0 Å². The second kappa shape index (κ2) is 5.60. The summed E-state index contributed by atoms with van der Waals surface area (Å²) in [6.45, 7) is -0.146. The summed E-state index contributed by atoms with van der Waals surface area (Å²) < 4.78 is 1.18. The van der Waals surface area contributed by atoms with Crippen LogP contribution in [0.1, 0.15) is 5.56 Å². The van der Waals surface area contributed by atoms with Crippen LogP contribution in [-0.2, 0) is 11.3 Å². The maximum absolute atomic E-state index is 11.8. The molecule has 1 N–H and O–H groups in total. The molecule has 0 spiro atoms. The third-order valence-electron chi connectivity index (χ3n) is 2.43. The molecule has 2 aromatic rings. The van der Waals surface area contributed by atoms with Crippen LogP contribution >= 0.6 is 0 Å². The van der Waals surface area contributed by atoms with Gasteiger partial charge in [0.15, 0.2) is 0 Å². The highest BCUT2D eigenvalue weighted by Crippen LogP contribution is 2.13. The predicted molar refractivity (Wildman–Crippen MR) is 68.3 cm³/mol. The Morgan fingerprint density at radius 2 is 2.16 bits per heavy atom. The molecule has 1 amide bonds. The van der Waals surface area contributed by atoms with Gasteiger partial charge in [-0.05, 0) is 12.1 Å². The van der Waals surface area contributed by atoms with E-state index in [-0.39, 0.29) is 12.1 Å². The zero-order chi connectivity index (χ0) is 13.7. The summed E-state index contributed by atoms with van der Waals surface area (Å²) in [5, 5.41) is 11.5. The predicted octanol–water partition coefficient (Wildman–Crippen LogP) is 0.754. The number of nitrogens with one attached hydrogen (secondary N) is 1. The number of amides is 1. The SMILES string of the molecule is N#Cc1ccccc1NC(=O)Cn1cnccc1=O. The van der Waals surface area contributed by atoms with Gasteiger partial charge in [-0.25, -0.2) is 4.98 Å². The normalized spacial score (nSPS) is 9.63. The molecule has 0 aliphatic heterocycles. The van der Waals surface area contributed by atoms with E-state index < -0.39 is 5.91 Å². The van der Waals surface area contributed by atoms with Crippen LogP contribution in [0.3, 0.4) is 0 Å². The van der Waals surface area contributed by atoms with Crippen LogP contribution in [0.25, 0.3) is 0 Å². The van der Waals surface area contributed by atoms with Gasteiger partial charge in [-0.2, -0.15) is 5.26 Å². The van der Waals surface area contributed by atoms with Crippen molar-refractivity contribution in [2.75, 3.05) is 5.32 Å². The molecular weight excluding hydrogens is 244 g/mol. The van der Waals surface area contributed by atoms with Crippen molar-refractivity contribution in [1.82, 2.24) is 9.55 Å². The summed E-state index contributed by atoms with van der Waals surface area (Å²) >= 11 is 0. The molecule has 0 radical (unpaired) electrons. The van der Waals surface area contributed by atoms with E-state index in [0.29, 0.717) is 11.3 Å². The van der Waals surface area contributed by atoms with Gasteiger partial charge in [0, 0.05) is 12.3 Å². The first-order valence-corrected chi connectivity index (χ1v) is 5.50. The average Bonchev–Trinajstić information content (AvgIpc) is 2.42. The number of nitrogens with zero attached hydrogens (tertiary/aromatic N) is 3. The van der Waals surface area contributed by atoms with Gasteiger partial charge in [0.1, 0.15) is 12.6 Å². The molecule has 6 nitrogen and oxygen atoms in total. The Bertz CT molecular complexity index is 700. The van der Waals surface area contributed by atoms with Crippen LogP contribution in [-0.4, -0.2) is 15.5 Å². The Hall–Kier alpha value is -2.94. The molecule has 0 unspecified atom stereocenters. The van der Waals surface area contributed by atoms with Crippen LogP contribution in [0, 0.1) is 11.3 Å². The molecule has 0 aliphatic rings. The molecule has 0 saturated carbocycles. The molecule has 0 saturated heterocycles. The highest BCUT2D eigenvalue weighted by Gasteiger charge is 2.07. The molecule has 0 atom stereocenters. The average molecular weight is 254 g/mol. The summed E-state index contributed by atoms with van der Waals surface area (Å²) in [5.41, 5.74) is 0.486. The van der Waals surface area contributed by atoms with Crippen molar-refractivity contribution < 1.29 is 4.79 Å². The van der Waals surface area contributed by atoms with E-state index in [1.807, 2.05) is 6.07 Å². The second-order valence-electron chi connectivity index (χ2n) is 3.75. The first-order valence-electron chi connectivity index (χ1n) is 5.50. The summed E-state index contributed by atoms with van der Waals surface area (Å²) in [4.78, 5) is 27.0. The largest absolute Gasteiger partial charge is 0.323 e. The van der Waals surface area contributed by atoms with Gasteiger partial charge < -0.3 is 5.32 Å². The number of para-hydroxylation sites is 1. The van der Waals surface area contributed by atoms with Crippen molar-refractivity contribution in [1.29, 1.82) is 5.26 Å². The van der Waals surface area contributed by atoms with Gasteiger partial charge in [-0.1, -0.05) is 12.1 Å². The number of anilines is 1. The van der Waals surface area contributed by atoms with Gasteiger partial charge in [-0.3, -0.25) is 14.2 Å². The van der Waals surface area contributed by atoms with Crippen molar-refractivity contribution >= 4 is 11.6 Å². The Morgan fingerprint density at radius 1 is 1.37 bits per heavy atom. The quantitative estimate of drug-likeness (QED) is 0.875. The molecular formula is C13H10N4O2. The van der Waals surface area contributed by atoms with Crippen LogP contribution in [0.4, 0.5) is 5.69 Å². The topological polar surface area (TPSA) is 87.8 Å². The lowest BCUT2D eigenvalue weighted by atomic mass is 10.2. The number of benzene rings is 1. The maximum Gasteiger partial charge on any atom is 0.253 e. The fourth-order valence-electron chi connectivity index (χ4n) is 1.53. The van der Waals surface area contributed by atoms with Gasteiger partial charge >= 0.3 is 0 Å². The number of carbonyl (C=O) groups is 1. The molecule has 1 heterocycles. The van der Waals surface area contributed by atoms with Crippen molar-refractivity contribution in [3.63, 3.8) is 0 Å². The highest BCUT2D eigenvalue weighted by atomic mass is 16.2. The second-order valence-corrected chi connectivity index (χ2v) is 3.75. The smallest absolute Gasteiger partial charge is 0.253 e. The molecule has 94 valence electrons. The van der Waals surface area contributed by atoms with Gasteiger partial charge in [0.05, 0.1) is 17.6 Å². The Balaban J connectivity index is 2.13. The number of nitriles is 1. The Labute approximate surface area is 108 Å². The van der Waals surface area contributed by atoms with Crippen LogP contribution in [0.2, 0.25) is 0 Å². The molecule has 0 fully saturated rings. The van der Waals surface area contributed by atoms with Crippen molar-refractivity contribution in [2.24, 2.45) is 0 Å². The summed E-state index contributed by atoms with van der Waals surface area (Å²) in [6.07, 6.45) is 2.65. The van der Waals surface area contributed by atoms with E-state index in [4.69, 9.17) is 5.26 Å². The lowest BCUT2D eigenvalue weighted by molar-refractivity contribution is -0.116. The molecule has 0 bridgehead atoms. The fourth-order valence-corrected chi connectivity index (χ4v) is 1.53. The molecule has 19 heavy (non-hydrogen) atoms. The van der Waals surface area contributed by atoms with Crippen LogP contribution in [0.5, 0.6) is 0 Å². The minimum absolute atomic E-state index is 0.146. The fraction of sp³-hybridized carbons (Fsp3) is 0.0769. The lowest BCUT2D eigenvalue weighted by Gasteiger charge is -2.07. The molecule has 6 heteroatoms. The van der Waals surface area contributed by atoms with Crippen molar-refractivity contribution in [2.45, 2.75) is 6.54 Å². The summed E-state index contributed by atoms with van der Waals surface area (Å²) in [7, 11) is 0. The zero-order valence-corrected chi connectivity index (χ0v) is 9.91. The number of hydrogen-bond acceptors (Lipinski definition) is 4. The maximum atomic E-state index is 11.8. The number of aromatic nitrogens is 2. The molecule has 1 aromatic heterocycles. The number of hydrogen-bond donors (Lipinski definition) is 1. The zero-order valence-electron chi connectivity index (χ0n) is 9.91. The third-order valence-corrected chi connectivity index (χ3v) is 2.43. The van der Waals surface area contributed by atoms with E-state index in [1.54, 1.807) is 24.3 Å². The minimum atomic E-state index is -0.391. The number of carbonyl (C=O) groups excluding carboxylic acids is 1. The first kappa shape index (κ1) is 12.5. The lowest BCUT2D eigenvalue weighted by Crippen LogP contribution is -2.27. The van der Waals surface area contributed by atoms with E-state index in [2.05, 4.69) is 10.3 Å². The van der Waals surface area contributed by atoms with Gasteiger partial charge in [0.2, 0.25) is 5.91 Å². The Morgan fingerprint density at radius 3 is 2.89 bits per heavy atom. The van der Waals surface area contributed by atoms with Crippen LogP contribution < -0.4 is 10.9 Å². The third kappa shape index (κ3) is 3.04. The first-order chi connectivity index (χ1) is 9.20. The number of rotatable bonds is 3. The summed E-state index contributed by atoms with van der Waals surface area (Å²) in [5.74, 6) is -0.391. The van der Waals surface area contributed by atoms with Gasteiger partial charge in [-0.15, -0.1) is 0 Å². The standard InChI is InChI=1S/C13H10N4O2/c14-7-10-3-1-2-4-11(10)16-12(18)8-17-9-15-6-5-13(17)19/h1-6,9H,8H2,(H,16,18). The van der Waals surface area contributed by atoms with E-state index in [0.717, 1.165) is 0 Å². The van der Waals surface area contributed by atoms with E-state index in [1.165, 1.54) is 23.2 Å². The summed E-state index contributed by atoms with van der Waals surface area (Å²) in [6, 6.07) is 9.91. The van der Waals surface area contributed by atoms with Crippen LogP contribution in [0.15, 0.2) is 47.7 Å². The molecule has 0 aliphatic carbocycles. The molecule has 2 rings (SSSR count). The van der Waals surface area contributed by atoms with Gasteiger partial charge in [0.25, 0.3) is 5.56 Å². The Kier molecular flexibility index (Phi) is 3.69. The highest BCUT2D eigenvalue weighted by molar-refractivity contribution is 5.91. The van der Waals surface area contributed by atoms with Crippen molar-refractivity contribution in [3.05, 3.63) is 58.8 Å². The van der Waals surface area contributed by atoms with Crippen molar-refractivity contribution in [3.8, 4) is 6.07 Å². The van der Waals surface area contributed by atoms with E-state index in [9.17, 15) is 9.59 Å².